The number of aryl methyl sites for hydroxylation is 1. The van der Waals surface area contributed by atoms with E-state index in [2.05, 4.69) is 9.97 Å². The van der Waals surface area contributed by atoms with E-state index in [1.807, 2.05) is 0 Å². The molecule has 1 aliphatic carbocycles. The van der Waals surface area contributed by atoms with Crippen LogP contribution in [-0.4, -0.2) is 9.97 Å². The second-order valence-corrected chi connectivity index (χ2v) is 5.86. The third-order valence-corrected chi connectivity index (χ3v) is 4.32. The first kappa shape index (κ1) is 13.7. The van der Waals surface area contributed by atoms with Crippen LogP contribution in [0.3, 0.4) is 0 Å². The lowest BCUT2D eigenvalue weighted by molar-refractivity contribution is 0.627. The maximum absolute atomic E-state index is 13.1. The van der Waals surface area contributed by atoms with Crippen molar-refractivity contribution in [3.05, 3.63) is 56.3 Å². The first-order valence-electron chi connectivity index (χ1n) is 6.68. The summed E-state index contributed by atoms with van der Waals surface area (Å²) in [6.45, 7) is 0. The van der Waals surface area contributed by atoms with Crippen LogP contribution in [0.5, 0.6) is 0 Å². The van der Waals surface area contributed by atoms with Crippen molar-refractivity contribution in [2.24, 2.45) is 0 Å². The largest absolute Gasteiger partial charge is 0.347 e. The third kappa shape index (κ3) is 2.76. The summed E-state index contributed by atoms with van der Waals surface area (Å²) in [5, 5.41) is 0.420. The van der Waals surface area contributed by atoms with Gasteiger partial charge in [0.1, 0.15) is 16.3 Å². The van der Waals surface area contributed by atoms with Crippen molar-refractivity contribution >= 4 is 23.8 Å². The Bertz CT molecular complexity index is 712. The molecular formula is C15H14ClFN2S. The predicted molar refractivity (Wildman–Crippen MR) is 80.3 cm³/mol. The second-order valence-electron chi connectivity index (χ2n) is 5.07. The molecule has 0 aliphatic heterocycles. The van der Waals surface area contributed by atoms with E-state index < -0.39 is 0 Å². The average molecular weight is 309 g/mol. The zero-order chi connectivity index (χ0) is 14.1. The Morgan fingerprint density at radius 3 is 2.90 bits per heavy atom. The van der Waals surface area contributed by atoms with E-state index in [0.29, 0.717) is 16.1 Å². The van der Waals surface area contributed by atoms with Crippen molar-refractivity contribution in [2.45, 2.75) is 32.1 Å². The fourth-order valence-corrected chi connectivity index (χ4v) is 3.17. The Morgan fingerprint density at radius 2 is 2.10 bits per heavy atom. The fourth-order valence-electron chi connectivity index (χ4n) is 2.60. The minimum atomic E-state index is -0.329. The number of rotatable bonds is 2. The molecule has 1 N–H and O–H groups in total. The Kier molecular flexibility index (Phi) is 3.85. The number of nitrogens with zero attached hydrogens (tertiary/aromatic N) is 1. The molecule has 2 nitrogen and oxygen atoms in total. The first-order valence-corrected chi connectivity index (χ1v) is 7.47. The van der Waals surface area contributed by atoms with Crippen molar-refractivity contribution in [3.8, 4) is 0 Å². The minimum Gasteiger partial charge on any atom is -0.347 e. The van der Waals surface area contributed by atoms with Crippen LogP contribution in [0.2, 0.25) is 5.02 Å². The number of nitrogens with one attached hydrogen (secondary N) is 1. The fraction of sp³-hybridized carbons (Fsp3) is 0.333. The van der Waals surface area contributed by atoms with Gasteiger partial charge >= 0.3 is 0 Å². The molecule has 0 saturated heterocycles. The van der Waals surface area contributed by atoms with E-state index in [-0.39, 0.29) is 5.82 Å². The summed E-state index contributed by atoms with van der Waals surface area (Å²) in [5.41, 5.74) is 3.23. The zero-order valence-electron chi connectivity index (χ0n) is 10.9. The number of H-pyrrole nitrogens is 1. The summed E-state index contributed by atoms with van der Waals surface area (Å²) in [7, 11) is 0. The topological polar surface area (TPSA) is 28.7 Å². The second kappa shape index (κ2) is 5.62. The lowest BCUT2D eigenvalue weighted by atomic mass is 9.97. The number of hydrogen-bond donors (Lipinski definition) is 1. The number of fused-ring (bicyclic) bond motifs is 1. The summed E-state index contributed by atoms with van der Waals surface area (Å²) in [6, 6.07) is 4.42. The molecule has 0 bridgehead atoms. The van der Waals surface area contributed by atoms with Crippen LogP contribution >= 0.6 is 23.8 Å². The minimum absolute atomic E-state index is 0.329. The van der Waals surface area contributed by atoms with E-state index >= 15 is 0 Å². The van der Waals surface area contributed by atoms with Gasteiger partial charge in [-0.3, -0.25) is 0 Å². The van der Waals surface area contributed by atoms with Gasteiger partial charge in [-0.25, -0.2) is 9.37 Å². The predicted octanol–water partition coefficient (Wildman–Crippen LogP) is 4.40. The molecule has 5 heteroatoms. The van der Waals surface area contributed by atoms with Gasteiger partial charge in [0.25, 0.3) is 0 Å². The van der Waals surface area contributed by atoms with Crippen molar-refractivity contribution in [2.75, 3.05) is 0 Å². The van der Waals surface area contributed by atoms with Crippen molar-refractivity contribution in [1.82, 2.24) is 9.97 Å². The van der Waals surface area contributed by atoms with Crippen LogP contribution < -0.4 is 0 Å². The van der Waals surface area contributed by atoms with Gasteiger partial charge in [0.2, 0.25) is 0 Å². The average Bonchev–Trinajstić information content (AvgIpc) is 2.42. The van der Waals surface area contributed by atoms with Gasteiger partial charge < -0.3 is 4.98 Å². The standard InChI is InChI=1S/C15H14ClFN2S/c16-12-8-10(17)6-5-9(12)7-14-18-13-4-2-1-3-11(13)15(20)19-14/h5-6,8H,1-4,7H2,(H,18,19,20). The number of hydrogen-bond acceptors (Lipinski definition) is 2. The zero-order valence-corrected chi connectivity index (χ0v) is 12.5. The summed E-state index contributed by atoms with van der Waals surface area (Å²) in [4.78, 5) is 7.82. The van der Waals surface area contributed by atoms with Gasteiger partial charge in [-0.05, 0) is 43.4 Å². The number of aromatic amines is 1. The number of aromatic nitrogens is 2. The molecule has 1 aliphatic rings. The molecule has 2 aromatic rings. The van der Waals surface area contributed by atoms with E-state index in [1.165, 1.54) is 36.2 Å². The molecule has 0 atom stereocenters. The van der Waals surface area contributed by atoms with E-state index in [9.17, 15) is 4.39 Å². The highest BCUT2D eigenvalue weighted by atomic mass is 35.5. The van der Waals surface area contributed by atoms with Gasteiger partial charge in [0.15, 0.2) is 0 Å². The number of halogens is 2. The van der Waals surface area contributed by atoms with Crippen LogP contribution in [0.4, 0.5) is 4.39 Å². The Labute approximate surface area is 127 Å². The third-order valence-electron chi connectivity index (χ3n) is 3.63. The van der Waals surface area contributed by atoms with Crippen LogP contribution in [0.15, 0.2) is 18.2 Å². The molecule has 104 valence electrons. The first-order chi connectivity index (χ1) is 9.63. The van der Waals surface area contributed by atoms with Gasteiger partial charge in [-0.1, -0.05) is 29.9 Å². The highest BCUT2D eigenvalue weighted by Crippen LogP contribution is 2.23. The maximum atomic E-state index is 13.1. The molecule has 0 spiro atoms. The molecule has 0 radical (unpaired) electrons. The molecule has 0 fully saturated rings. The van der Waals surface area contributed by atoms with Crippen LogP contribution in [-0.2, 0) is 19.3 Å². The normalized spacial score (nSPS) is 14.1. The maximum Gasteiger partial charge on any atom is 0.133 e. The van der Waals surface area contributed by atoms with Gasteiger partial charge in [-0.15, -0.1) is 0 Å². The van der Waals surface area contributed by atoms with Gasteiger partial charge in [-0.2, -0.15) is 0 Å². The summed E-state index contributed by atoms with van der Waals surface area (Å²) in [5.74, 6) is 0.467. The Hall–Kier alpha value is -1.26. The SMILES string of the molecule is Fc1ccc(Cc2nc(=S)c3c([nH]2)CCCC3)c(Cl)c1. The lowest BCUT2D eigenvalue weighted by Crippen LogP contribution is -2.10. The Morgan fingerprint density at radius 1 is 1.30 bits per heavy atom. The van der Waals surface area contributed by atoms with E-state index in [4.69, 9.17) is 23.8 Å². The summed E-state index contributed by atoms with van der Waals surface area (Å²) >= 11 is 11.4. The van der Waals surface area contributed by atoms with E-state index in [0.717, 1.165) is 24.2 Å². The van der Waals surface area contributed by atoms with Crippen molar-refractivity contribution in [3.63, 3.8) is 0 Å². The highest BCUT2D eigenvalue weighted by Gasteiger charge is 2.14. The highest BCUT2D eigenvalue weighted by molar-refractivity contribution is 7.71. The molecular weight excluding hydrogens is 295 g/mol. The summed E-state index contributed by atoms with van der Waals surface area (Å²) < 4.78 is 13.7. The monoisotopic (exact) mass is 308 g/mol. The van der Waals surface area contributed by atoms with Crippen LogP contribution in [0.25, 0.3) is 0 Å². The number of benzene rings is 1. The van der Waals surface area contributed by atoms with Crippen molar-refractivity contribution < 1.29 is 4.39 Å². The molecule has 1 aromatic carbocycles. The van der Waals surface area contributed by atoms with Crippen LogP contribution in [0.1, 0.15) is 35.5 Å². The molecule has 1 aromatic heterocycles. The van der Waals surface area contributed by atoms with E-state index in [1.54, 1.807) is 6.07 Å². The van der Waals surface area contributed by atoms with Gasteiger partial charge in [0, 0.05) is 22.7 Å². The molecule has 3 rings (SSSR count). The van der Waals surface area contributed by atoms with Gasteiger partial charge in [0.05, 0.1) is 0 Å². The molecule has 1 heterocycles. The lowest BCUT2D eigenvalue weighted by Gasteiger charge is -2.16. The molecule has 20 heavy (non-hydrogen) atoms. The summed E-state index contributed by atoms with van der Waals surface area (Å²) in [6.07, 6.45) is 4.92. The molecule has 0 saturated carbocycles. The quantitative estimate of drug-likeness (QED) is 0.833. The molecule has 0 unspecified atom stereocenters. The van der Waals surface area contributed by atoms with Crippen molar-refractivity contribution in [1.29, 1.82) is 0 Å². The Balaban J connectivity index is 1.95. The van der Waals surface area contributed by atoms with Crippen LogP contribution in [0, 0.1) is 10.5 Å². The molecule has 0 amide bonds. The smallest absolute Gasteiger partial charge is 0.133 e.